The molecule has 0 radical (unpaired) electrons. The number of nitrogens with two attached hydrogens (primary N) is 1. The van der Waals surface area contributed by atoms with Crippen molar-refractivity contribution in [2.45, 2.75) is 17.1 Å². The number of hydrogen-bond acceptors (Lipinski definition) is 4. The number of thioether (sulfide) groups is 1. The molecule has 1 unspecified atom stereocenters. The van der Waals surface area contributed by atoms with Crippen molar-refractivity contribution in [3.05, 3.63) is 53.1 Å². The molecule has 0 heterocycles. The molecule has 1 amide bonds. The SMILES string of the molecule is CC(Sc1ccc(N)cc1)C(=O)Nc1ccc(Cl)c(C(=O)O)c1. The summed E-state index contributed by atoms with van der Waals surface area (Å²) in [5.74, 6) is -1.37. The second kappa shape index (κ2) is 7.39. The Morgan fingerprint density at radius 1 is 1.22 bits per heavy atom. The number of carboxylic acid groups (broad SMARTS) is 1. The first-order valence-electron chi connectivity index (χ1n) is 6.72. The van der Waals surface area contributed by atoms with E-state index in [1.165, 1.54) is 23.9 Å². The van der Waals surface area contributed by atoms with Gasteiger partial charge in [-0.15, -0.1) is 11.8 Å². The van der Waals surface area contributed by atoms with Gasteiger partial charge in [0.05, 0.1) is 15.8 Å². The van der Waals surface area contributed by atoms with E-state index < -0.39 is 5.97 Å². The summed E-state index contributed by atoms with van der Waals surface area (Å²) in [6.45, 7) is 1.77. The Morgan fingerprint density at radius 2 is 1.87 bits per heavy atom. The van der Waals surface area contributed by atoms with Gasteiger partial charge in [-0.2, -0.15) is 0 Å². The smallest absolute Gasteiger partial charge is 0.337 e. The monoisotopic (exact) mass is 350 g/mol. The van der Waals surface area contributed by atoms with Crippen molar-refractivity contribution >= 4 is 46.6 Å². The lowest BCUT2D eigenvalue weighted by Crippen LogP contribution is -2.22. The van der Waals surface area contributed by atoms with Crippen LogP contribution in [0.2, 0.25) is 5.02 Å². The molecule has 120 valence electrons. The summed E-state index contributed by atoms with van der Waals surface area (Å²) in [5.41, 5.74) is 6.62. The Labute approximate surface area is 142 Å². The first-order chi connectivity index (χ1) is 10.9. The van der Waals surface area contributed by atoms with Crippen LogP contribution in [0.5, 0.6) is 0 Å². The summed E-state index contributed by atoms with van der Waals surface area (Å²) < 4.78 is 0. The van der Waals surface area contributed by atoms with E-state index in [2.05, 4.69) is 5.32 Å². The fourth-order valence-electron chi connectivity index (χ4n) is 1.81. The predicted molar refractivity (Wildman–Crippen MR) is 93.2 cm³/mol. The first-order valence-corrected chi connectivity index (χ1v) is 7.98. The van der Waals surface area contributed by atoms with E-state index in [-0.39, 0.29) is 21.7 Å². The molecule has 0 aliphatic carbocycles. The van der Waals surface area contributed by atoms with Crippen LogP contribution in [0.15, 0.2) is 47.4 Å². The number of hydrogen-bond donors (Lipinski definition) is 3. The number of anilines is 2. The normalized spacial score (nSPS) is 11.7. The second-order valence-electron chi connectivity index (χ2n) is 4.82. The average molecular weight is 351 g/mol. The van der Waals surface area contributed by atoms with Crippen LogP contribution in [0.3, 0.4) is 0 Å². The predicted octanol–water partition coefficient (Wildman–Crippen LogP) is 3.74. The highest BCUT2D eigenvalue weighted by molar-refractivity contribution is 8.00. The highest BCUT2D eigenvalue weighted by Crippen LogP contribution is 2.26. The standard InChI is InChI=1S/C16H15ClN2O3S/c1-9(23-12-5-2-10(18)3-6-12)15(20)19-11-4-7-14(17)13(8-11)16(21)22/h2-9H,18H2,1H3,(H,19,20)(H,21,22). The van der Waals surface area contributed by atoms with Crippen LogP contribution < -0.4 is 11.1 Å². The molecule has 23 heavy (non-hydrogen) atoms. The summed E-state index contributed by atoms with van der Waals surface area (Å²) in [4.78, 5) is 24.2. The van der Waals surface area contributed by atoms with E-state index in [0.717, 1.165) is 4.90 Å². The van der Waals surface area contributed by atoms with Gasteiger partial charge >= 0.3 is 5.97 Å². The van der Waals surface area contributed by atoms with E-state index in [0.29, 0.717) is 11.4 Å². The third-order valence-electron chi connectivity index (χ3n) is 3.03. The molecule has 7 heteroatoms. The van der Waals surface area contributed by atoms with E-state index in [1.54, 1.807) is 25.1 Å². The minimum Gasteiger partial charge on any atom is -0.478 e. The van der Waals surface area contributed by atoms with Crippen molar-refractivity contribution in [1.82, 2.24) is 0 Å². The van der Waals surface area contributed by atoms with E-state index in [9.17, 15) is 9.59 Å². The molecule has 2 rings (SSSR count). The average Bonchev–Trinajstić information content (AvgIpc) is 2.51. The maximum Gasteiger partial charge on any atom is 0.337 e. The van der Waals surface area contributed by atoms with Crippen molar-refractivity contribution in [3.8, 4) is 0 Å². The number of carbonyl (C=O) groups is 2. The minimum absolute atomic E-state index is 0.0525. The van der Waals surface area contributed by atoms with Crippen LogP contribution in [0.1, 0.15) is 17.3 Å². The van der Waals surface area contributed by atoms with Gasteiger partial charge in [0, 0.05) is 16.3 Å². The van der Waals surface area contributed by atoms with Crippen LogP contribution in [0.4, 0.5) is 11.4 Å². The van der Waals surface area contributed by atoms with Crippen molar-refractivity contribution in [3.63, 3.8) is 0 Å². The van der Waals surface area contributed by atoms with Gasteiger partial charge in [-0.05, 0) is 49.4 Å². The van der Waals surface area contributed by atoms with E-state index in [4.69, 9.17) is 22.4 Å². The Balaban J connectivity index is 2.04. The lowest BCUT2D eigenvalue weighted by atomic mass is 10.2. The van der Waals surface area contributed by atoms with Gasteiger partial charge in [-0.25, -0.2) is 4.79 Å². The highest BCUT2D eigenvalue weighted by atomic mass is 35.5. The number of carboxylic acids is 1. The molecule has 0 aliphatic rings. The molecular weight excluding hydrogens is 336 g/mol. The summed E-state index contributed by atoms with van der Waals surface area (Å²) >= 11 is 7.19. The molecule has 5 nitrogen and oxygen atoms in total. The third-order valence-corrected chi connectivity index (χ3v) is 4.47. The minimum atomic E-state index is -1.14. The number of nitrogens with one attached hydrogen (secondary N) is 1. The number of amides is 1. The molecule has 2 aromatic rings. The molecule has 0 aromatic heterocycles. The van der Waals surface area contributed by atoms with Crippen LogP contribution >= 0.6 is 23.4 Å². The summed E-state index contributed by atoms with van der Waals surface area (Å²) in [6, 6.07) is 11.6. The molecule has 0 saturated carbocycles. The van der Waals surface area contributed by atoms with Gasteiger partial charge in [0.2, 0.25) is 5.91 Å². The number of benzene rings is 2. The molecule has 0 bridgehead atoms. The Morgan fingerprint density at radius 3 is 2.48 bits per heavy atom. The molecule has 0 spiro atoms. The van der Waals surface area contributed by atoms with Gasteiger partial charge < -0.3 is 16.2 Å². The van der Waals surface area contributed by atoms with E-state index >= 15 is 0 Å². The number of rotatable bonds is 5. The zero-order valence-electron chi connectivity index (χ0n) is 12.2. The summed E-state index contributed by atoms with van der Waals surface area (Å²) in [7, 11) is 0. The van der Waals surface area contributed by atoms with Crippen molar-refractivity contribution in [2.24, 2.45) is 0 Å². The summed E-state index contributed by atoms with van der Waals surface area (Å²) in [6.07, 6.45) is 0. The lowest BCUT2D eigenvalue weighted by Gasteiger charge is -2.13. The van der Waals surface area contributed by atoms with Gasteiger partial charge in [0.15, 0.2) is 0 Å². The van der Waals surface area contributed by atoms with Crippen LogP contribution in [-0.4, -0.2) is 22.2 Å². The fourth-order valence-corrected chi connectivity index (χ4v) is 2.88. The third kappa shape index (κ3) is 4.64. The molecular formula is C16H15ClN2O3S. The number of nitrogen functional groups attached to an aromatic ring is 1. The van der Waals surface area contributed by atoms with Crippen LogP contribution in [-0.2, 0) is 4.79 Å². The van der Waals surface area contributed by atoms with Crippen molar-refractivity contribution in [2.75, 3.05) is 11.1 Å². The van der Waals surface area contributed by atoms with Gasteiger partial charge in [0.1, 0.15) is 0 Å². The lowest BCUT2D eigenvalue weighted by molar-refractivity contribution is -0.115. The molecule has 1 atom stereocenters. The zero-order chi connectivity index (χ0) is 17.0. The molecule has 0 fully saturated rings. The van der Waals surface area contributed by atoms with Crippen LogP contribution in [0, 0.1) is 0 Å². The largest absolute Gasteiger partial charge is 0.478 e. The fraction of sp³-hybridized carbons (Fsp3) is 0.125. The molecule has 0 aliphatic heterocycles. The Hall–Kier alpha value is -2.18. The first kappa shape index (κ1) is 17.2. The number of carbonyl (C=O) groups excluding carboxylic acids is 1. The molecule has 4 N–H and O–H groups in total. The maximum absolute atomic E-state index is 12.2. The zero-order valence-corrected chi connectivity index (χ0v) is 13.8. The number of halogens is 1. The van der Waals surface area contributed by atoms with Gasteiger partial charge in [0.25, 0.3) is 0 Å². The topological polar surface area (TPSA) is 92.4 Å². The van der Waals surface area contributed by atoms with Crippen molar-refractivity contribution in [1.29, 1.82) is 0 Å². The van der Waals surface area contributed by atoms with Gasteiger partial charge in [-0.3, -0.25) is 4.79 Å². The maximum atomic E-state index is 12.2. The van der Waals surface area contributed by atoms with Gasteiger partial charge in [-0.1, -0.05) is 11.6 Å². The van der Waals surface area contributed by atoms with E-state index in [1.807, 2.05) is 12.1 Å². The molecule has 2 aromatic carbocycles. The Bertz CT molecular complexity index is 735. The highest BCUT2D eigenvalue weighted by Gasteiger charge is 2.16. The molecule has 0 saturated heterocycles. The second-order valence-corrected chi connectivity index (χ2v) is 6.64. The Kier molecular flexibility index (Phi) is 5.52. The summed E-state index contributed by atoms with van der Waals surface area (Å²) in [5, 5.41) is 11.5. The number of aromatic carboxylic acids is 1. The van der Waals surface area contributed by atoms with Crippen molar-refractivity contribution < 1.29 is 14.7 Å². The quantitative estimate of drug-likeness (QED) is 0.564. The van der Waals surface area contributed by atoms with Crippen LogP contribution in [0.25, 0.3) is 0 Å².